The van der Waals surface area contributed by atoms with Crippen molar-refractivity contribution in [3.63, 3.8) is 0 Å². The summed E-state index contributed by atoms with van der Waals surface area (Å²) in [6.07, 6.45) is 4.04. The molecule has 1 atom stereocenters. The number of ether oxygens (including phenoxy) is 1. The summed E-state index contributed by atoms with van der Waals surface area (Å²) in [5.74, 6) is -0.213. The Morgan fingerprint density at radius 2 is 2.00 bits per heavy atom. The van der Waals surface area contributed by atoms with E-state index in [0.29, 0.717) is 5.57 Å². The summed E-state index contributed by atoms with van der Waals surface area (Å²) >= 11 is 0. The third kappa shape index (κ3) is 2.79. The Morgan fingerprint density at radius 3 is 2.70 bits per heavy atom. The summed E-state index contributed by atoms with van der Waals surface area (Å²) in [7, 11) is -2.39. The van der Waals surface area contributed by atoms with Crippen LogP contribution < -0.4 is 5.32 Å². The first-order chi connectivity index (χ1) is 9.15. The van der Waals surface area contributed by atoms with Crippen LogP contribution in [0.2, 0.25) is 0 Å². The van der Waals surface area contributed by atoms with Gasteiger partial charge in [-0.3, -0.25) is 4.79 Å². The SMILES string of the molecule is O=C1Nc2ccccc2C1=CC1C=CC(=S(=O)=O)O1.[NaH]. The van der Waals surface area contributed by atoms with Gasteiger partial charge in [0.25, 0.3) is 5.91 Å². The zero-order chi connectivity index (χ0) is 13.4. The molecule has 20 heavy (non-hydrogen) atoms. The molecule has 1 aromatic carbocycles. The molecule has 2 heterocycles. The molecule has 0 bridgehead atoms. The minimum absolute atomic E-state index is 0. The third-order valence-corrected chi connectivity index (χ3v) is 3.44. The Labute approximate surface area is 139 Å². The zero-order valence-corrected chi connectivity index (χ0v) is 10.5. The first-order valence-corrected chi connectivity index (χ1v) is 6.66. The van der Waals surface area contributed by atoms with Gasteiger partial charge in [-0.15, -0.1) is 0 Å². The number of para-hydroxylation sites is 1. The second-order valence-corrected chi connectivity index (χ2v) is 4.95. The first kappa shape index (κ1) is 15.2. The number of nitrogens with one attached hydrogen (secondary N) is 1. The van der Waals surface area contributed by atoms with E-state index in [2.05, 4.69) is 5.32 Å². The van der Waals surface area contributed by atoms with E-state index in [1.807, 2.05) is 24.3 Å². The van der Waals surface area contributed by atoms with Crippen LogP contribution in [-0.4, -0.2) is 55.0 Å². The maximum absolute atomic E-state index is 11.8. The fourth-order valence-corrected chi connectivity index (χ4v) is 2.42. The van der Waals surface area contributed by atoms with E-state index in [9.17, 15) is 13.2 Å². The van der Waals surface area contributed by atoms with E-state index in [1.54, 1.807) is 12.2 Å². The Morgan fingerprint density at radius 1 is 1.25 bits per heavy atom. The Bertz CT molecular complexity index is 756. The molecule has 1 unspecified atom stereocenters. The van der Waals surface area contributed by atoms with Crippen LogP contribution >= 0.6 is 0 Å². The van der Waals surface area contributed by atoms with Gasteiger partial charge in [-0.25, -0.2) is 0 Å². The van der Waals surface area contributed by atoms with Gasteiger partial charge in [0.15, 0.2) is 5.05 Å². The molecule has 0 aromatic heterocycles. The molecule has 2 aliphatic heterocycles. The zero-order valence-electron chi connectivity index (χ0n) is 9.66. The minimum atomic E-state index is -2.39. The molecule has 1 N–H and O–H groups in total. The number of carbonyl (C=O) groups is 1. The monoisotopic (exact) mass is 299 g/mol. The molecule has 7 heteroatoms. The molecular weight excluding hydrogens is 289 g/mol. The predicted molar refractivity (Wildman–Crippen MR) is 78.1 cm³/mol. The van der Waals surface area contributed by atoms with Crippen molar-refractivity contribution in [1.82, 2.24) is 0 Å². The maximum atomic E-state index is 11.8. The number of anilines is 1. The van der Waals surface area contributed by atoms with Crippen molar-refractivity contribution in [2.45, 2.75) is 6.10 Å². The van der Waals surface area contributed by atoms with Crippen molar-refractivity contribution in [2.24, 2.45) is 0 Å². The van der Waals surface area contributed by atoms with Crippen LogP contribution in [0.5, 0.6) is 0 Å². The van der Waals surface area contributed by atoms with E-state index in [0.717, 1.165) is 11.3 Å². The number of benzene rings is 1. The second kappa shape index (κ2) is 6.07. The molecule has 3 rings (SSSR count). The number of rotatable bonds is 1. The van der Waals surface area contributed by atoms with Crippen LogP contribution in [0.15, 0.2) is 42.5 Å². The van der Waals surface area contributed by atoms with E-state index in [1.165, 1.54) is 6.08 Å². The fraction of sp³-hybridized carbons (Fsp3) is 0.0769. The average molecular weight is 299 g/mol. The van der Waals surface area contributed by atoms with E-state index in [4.69, 9.17) is 4.74 Å². The van der Waals surface area contributed by atoms with Crippen LogP contribution in [0.25, 0.3) is 5.57 Å². The van der Waals surface area contributed by atoms with Gasteiger partial charge in [-0.1, -0.05) is 18.2 Å². The standard InChI is InChI=1S/C13H9NO4S.Na.H/c15-13-10(9-3-1-2-4-11(9)14-13)7-8-5-6-12(18-8)19(16)17;;/h1-8H,(H,14,15);;. The van der Waals surface area contributed by atoms with Crippen LogP contribution in [0.3, 0.4) is 0 Å². The summed E-state index contributed by atoms with van der Waals surface area (Å²) in [6.45, 7) is 0. The summed E-state index contributed by atoms with van der Waals surface area (Å²) in [5, 5.41) is 2.62. The number of hydrogen-bond donors (Lipinski definition) is 1. The number of hydrogen-bond acceptors (Lipinski definition) is 4. The summed E-state index contributed by atoms with van der Waals surface area (Å²) in [4.78, 5) is 11.8. The van der Waals surface area contributed by atoms with Gasteiger partial charge in [0.2, 0.25) is 10.3 Å². The molecule has 1 aromatic rings. The van der Waals surface area contributed by atoms with E-state index < -0.39 is 16.4 Å². The third-order valence-electron chi connectivity index (χ3n) is 2.88. The average Bonchev–Trinajstić information content (AvgIpc) is 2.96. The molecule has 0 spiro atoms. The van der Waals surface area contributed by atoms with Gasteiger partial charge >= 0.3 is 29.6 Å². The van der Waals surface area contributed by atoms with E-state index >= 15 is 0 Å². The molecular formula is C13H10NNaO4S. The molecule has 2 aliphatic rings. The molecule has 0 radical (unpaired) electrons. The number of amides is 1. The second-order valence-electron chi connectivity index (χ2n) is 4.08. The van der Waals surface area contributed by atoms with Crippen LogP contribution in [0, 0.1) is 0 Å². The van der Waals surface area contributed by atoms with Crippen molar-refractivity contribution in [1.29, 1.82) is 0 Å². The molecule has 0 saturated carbocycles. The quantitative estimate of drug-likeness (QED) is 0.461. The van der Waals surface area contributed by atoms with Crippen molar-refractivity contribution in [3.05, 3.63) is 48.1 Å². The van der Waals surface area contributed by atoms with Crippen molar-refractivity contribution < 1.29 is 17.9 Å². The molecule has 1 amide bonds. The Hall–Kier alpha value is -1.18. The molecule has 5 nitrogen and oxygen atoms in total. The molecule has 98 valence electrons. The normalized spacial score (nSPS) is 21.6. The summed E-state index contributed by atoms with van der Waals surface area (Å²) in [5.41, 5.74) is 2.03. The predicted octanol–water partition coefficient (Wildman–Crippen LogP) is 0.338. The summed E-state index contributed by atoms with van der Waals surface area (Å²) in [6, 6.07) is 7.31. The van der Waals surface area contributed by atoms with Gasteiger partial charge in [0, 0.05) is 16.8 Å². The van der Waals surface area contributed by atoms with Crippen LogP contribution in [0.1, 0.15) is 5.56 Å². The number of carbonyl (C=O) groups excluding carboxylic acids is 1. The molecule has 0 aliphatic carbocycles. The van der Waals surface area contributed by atoms with Gasteiger partial charge in [-0.2, -0.15) is 8.42 Å². The summed E-state index contributed by atoms with van der Waals surface area (Å²) < 4.78 is 26.7. The Balaban J connectivity index is 0.00000147. The number of fused-ring (bicyclic) bond motifs is 1. The first-order valence-electron chi connectivity index (χ1n) is 5.59. The van der Waals surface area contributed by atoms with Gasteiger partial charge in [-0.05, 0) is 24.3 Å². The Kier molecular flexibility index (Phi) is 4.62. The van der Waals surface area contributed by atoms with E-state index in [-0.39, 0.29) is 40.5 Å². The fourth-order valence-electron chi connectivity index (χ4n) is 2.04. The van der Waals surface area contributed by atoms with Crippen LogP contribution in [-0.2, 0) is 19.8 Å². The molecule has 0 fully saturated rings. The van der Waals surface area contributed by atoms with Gasteiger partial charge in [0.1, 0.15) is 6.10 Å². The van der Waals surface area contributed by atoms with Crippen molar-refractivity contribution >= 4 is 62.1 Å². The topological polar surface area (TPSA) is 72.5 Å². The van der Waals surface area contributed by atoms with Crippen LogP contribution in [0.4, 0.5) is 5.69 Å². The van der Waals surface area contributed by atoms with Gasteiger partial charge in [0.05, 0.1) is 0 Å². The molecule has 0 saturated heterocycles. The van der Waals surface area contributed by atoms with Crippen molar-refractivity contribution in [3.8, 4) is 0 Å². The van der Waals surface area contributed by atoms with Gasteiger partial charge < -0.3 is 10.1 Å². The van der Waals surface area contributed by atoms with Crippen molar-refractivity contribution in [2.75, 3.05) is 5.32 Å².